The Balaban J connectivity index is 2.67. The average Bonchev–Trinajstić information content (AvgIpc) is 2.67. The van der Waals surface area contributed by atoms with Gasteiger partial charge in [-0.15, -0.1) is 10.2 Å². The quantitative estimate of drug-likeness (QED) is 0.782. The topological polar surface area (TPSA) is 68.0 Å². The minimum atomic E-state index is -4.19. The molecule has 1 N–H and O–H groups in total. The van der Waals surface area contributed by atoms with Gasteiger partial charge in [0, 0.05) is 19.4 Å². The van der Waals surface area contributed by atoms with Crippen molar-refractivity contribution in [3.63, 3.8) is 0 Å². The van der Waals surface area contributed by atoms with Crippen LogP contribution in [0.1, 0.15) is 25.6 Å². The molecule has 0 fully saturated rings. The van der Waals surface area contributed by atoms with Gasteiger partial charge in [0.1, 0.15) is 5.82 Å². The molecule has 0 amide bonds. The number of carboxylic acids is 1. The number of hydrogen-bond donors (Lipinski definition) is 1. The predicted octanol–water partition coefficient (Wildman–Crippen LogP) is 2.36. The zero-order chi connectivity index (χ0) is 14.5. The van der Waals surface area contributed by atoms with E-state index in [-0.39, 0.29) is 18.7 Å². The molecule has 0 radical (unpaired) electrons. The number of thioether (sulfide) groups is 1. The highest BCUT2D eigenvalue weighted by Gasteiger charge is 2.26. The molecule has 0 aliphatic heterocycles. The second kappa shape index (κ2) is 6.78. The van der Waals surface area contributed by atoms with Crippen LogP contribution in [0.25, 0.3) is 0 Å². The minimum Gasteiger partial charge on any atom is -0.481 e. The Morgan fingerprint density at radius 3 is 2.63 bits per heavy atom. The van der Waals surface area contributed by atoms with Gasteiger partial charge in [-0.05, 0) is 6.42 Å². The first-order valence-electron chi connectivity index (χ1n) is 5.67. The van der Waals surface area contributed by atoms with Crippen LogP contribution in [0.15, 0.2) is 5.16 Å². The summed E-state index contributed by atoms with van der Waals surface area (Å²) in [7, 11) is 0. The number of aryl methyl sites for hydroxylation is 1. The Bertz CT molecular complexity index is 434. The molecule has 5 nitrogen and oxygen atoms in total. The number of hydrogen-bond acceptors (Lipinski definition) is 4. The van der Waals surface area contributed by atoms with Crippen LogP contribution in [-0.2, 0) is 17.8 Å². The first kappa shape index (κ1) is 15.8. The van der Waals surface area contributed by atoms with Gasteiger partial charge < -0.3 is 9.67 Å². The van der Waals surface area contributed by atoms with Crippen LogP contribution in [0.5, 0.6) is 0 Å². The third-order valence-electron chi connectivity index (χ3n) is 2.28. The van der Waals surface area contributed by atoms with Crippen LogP contribution >= 0.6 is 11.8 Å². The molecule has 0 aromatic carbocycles. The lowest BCUT2D eigenvalue weighted by Crippen LogP contribution is -2.11. The van der Waals surface area contributed by atoms with Crippen LogP contribution in [-0.4, -0.2) is 37.8 Å². The van der Waals surface area contributed by atoms with Gasteiger partial charge in [0.15, 0.2) is 5.16 Å². The number of carboxylic acid groups (broad SMARTS) is 1. The van der Waals surface area contributed by atoms with Crippen LogP contribution in [0.2, 0.25) is 0 Å². The van der Waals surface area contributed by atoms with Crippen molar-refractivity contribution in [2.75, 3.05) is 5.75 Å². The molecule has 0 saturated heterocycles. The van der Waals surface area contributed by atoms with Gasteiger partial charge in [0.2, 0.25) is 0 Å². The standard InChI is InChI=1S/C10H14F3N3O2S/c1-2-7-14-15-9(19-6-8(17)18)16(7)5-3-4-10(11,12)13/h2-6H2,1H3,(H,17,18). The summed E-state index contributed by atoms with van der Waals surface area (Å²) in [6.07, 6.45) is -4.60. The Morgan fingerprint density at radius 2 is 2.11 bits per heavy atom. The third kappa shape index (κ3) is 5.50. The maximum atomic E-state index is 12.1. The molecule has 0 unspecified atom stereocenters. The fourth-order valence-electron chi connectivity index (χ4n) is 1.48. The van der Waals surface area contributed by atoms with E-state index < -0.39 is 18.6 Å². The molecule has 19 heavy (non-hydrogen) atoms. The second-order valence-electron chi connectivity index (χ2n) is 3.81. The minimum absolute atomic E-state index is 0.0742. The number of aliphatic carboxylic acids is 1. The predicted molar refractivity (Wildman–Crippen MR) is 63.0 cm³/mol. The van der Waals surface area contributed by atoms with Gasteiger partial charge in [0.25, 0.3) is 0 Å². The van der Waals surface area contributed by atoms with E-state index in [1.54, 1.807) is 4.57 Å². The third-order valence-corrected chi connectivity index (χ3v) is 3.23. The molecule has 1 aromatic heterocycles. The maximum absolute atomic E-state index is 12.1. The van der Waals surface area contributed by atoms with Crippen molar-refractivity contribution < 1.29 is 23.1 Å². The van der Waals surface area contributed by atoms with Crippen molar-refractivity contribution in [1.29, 1.82) is 0 Å². The molecule has 0 bridgehead atoms. The average molecular weight is 297 g/mol. The molecule has 9 heteroatoms. The van der Waals surface area contributed by atoms with E-state index in [0.717, 1.165) is 11.8 Å². The monoisotopic (exact) mass is 297 g/mol. The fourth-order valence-corrected chi connectivity index (χ4v) is 2.18. The lowest BCUT2D eigenvalue weighted by Gasteiger charge is -2.10. The summed E-state index contributed by atoms with van der Waals surface area (Å²) in [5, 5.41) is 16.6. The Hall–Kier alpha value is -1.25. The molecule has 1 heterocycles. The second-order valence-corrected chi connectivity index (χ2v) is 4.75. The number of nitrogens with zero attached hydrogens (tertiary/aromatic N) is 3. The Kier molecular flexibility index (Phi) is 5.64. The highest BCUT2D eigenvalue weighted by molar-refractivity contribution is 7.99. The van der Waals surface area contributed by atoms with Crippen LogP contribution in [0.3, 0.4) is 0 Å². The smallest absolute Gasteiger partial charge is 0.389 e. The van der Waals surface area contributed by atoms with E-state index in [1.165, 1.54) is 0 Å². The summed E-state index contributed by atoms with van der Waals surface area (Å²) >= 11 is 0.958. The van der Waals surface area contributed by atoms with Gasteiger partial charge >= 0.3 is 12.1 Å². The van der Waals surface area contributed by atoms with Crippen molar-refractivity contribution in [1.82, 2.24) is 14.8 Å². The SMILES string of the molecule is CCc1nnc(SCC(=O)O)n1CCCC(F)(F)F. The highest BCUT2D eigenvalue weighted by Crippen LogP contribution is 2.23. The Morgan fingerprint density at radius 1 is 1.42 bits per heavy atom. The molecule has 108 valence electrons. The van der Waals surface area contributed by atoms with Crippen molar-refractivity contribution >= 4 is 17.7 Å². The van der Waals surface area contributed by atoms with Crippen LogP contribution < -0.4 is 0 Å². The van der Waals surface area contributed by atoms with E-state index in [9.17, 15) is 18.0 Å². The van der Waals surface area contributed by atoms with Gasteiger partial charge in [0.05, 0.1) is 5.75 Å². The van der Waals surface area contributed by atoms with E-state index in [0.29, 0.717) is 17.4 Å². The van der Waals surface area contributed by atoms with Crippen molar-refractivity contribution in [3.8, 4) is 0 Å². The molecule has 0 aliphatic carbocycles. The highest BCUT2D eigenvalue weighted by atomic mass is 32.2. The van der Waals surface area contributed by atoms with Crippen LogP contribution in [0, 0.1) is 0 Å². The summed E-state index contributed by atoms with van der Waals surface area (Å²) in [6.45, 7) is 1.95. The molecular weight excluding hydrogens is 283 g/mol. The maximum Gasteiger partial charge on any atom is 0.389 e. The molecule has 1 aromatic rings. The summed E-state index contributed by atoms with van der Waals surface area (Å²) in [4.78, 5) is 10.5. The van der Waals surface area contributed by atoms with Crippen molar-refractivity contribution in [3.05, 3.63) is 5.82 Å². The van der Waals surface area contributed by atoms with Gasteiger partial charge in [-0.3, -0.25) is 4.79 Å². The normalized spacial score (nSPS) is 11.8. The summed E-state index contributed by atoms with van der Waals surface area (Å²) in [6, 6.07) is 0. The van der Waals surface area contributed by atoms with Crippen molar-refractivity contribution in [2.24, 2.45) is 0 Å². The van der Waals surface area contributed by atoms with Crippen LogP contribution in [0.4, 0.5) is 13.2 Å². The van der Waals surface area contributed by atoms with E-state index in [2.05, 4.69) is 10.2 Å². The zero-order valence-corrected chi connectivity index (χ0v) is 11.1. The van der Waals surface area contributed by atoms with Crippen molar-refractivity contribution in [2.45, 2.75) is 44.1 Å². The first-order valence-corrected chi connectivity index (χ1v) is 6.65. The molecule has 0 aliphatic rings. The molecule has 0 saturated carbocycles. The lowest BCUT2D eigenvalue weighted by atomic mass is 10.3. The number of aromatic nitrogens is 3. The number of alkyl halides is 3. The van der Waals surface area contributed by atoms with E-state index >= 15 is 0 Å². The summed E-state index contributed by atoms with van der Waals surface area (Å²) in [5.41, 5.74) is 0. The Labute approximate surface area is 112 Å². The largest absolute Gasteiger partial charge is 0.481 e. The number of rotatable bonds is 7. The molecule has 1 rings (SSSR count). The number of halogens is 3. The lowest BCUT2D eigenvalue weighted by molar-refractivity contribution is -0.136. The summed E-state index contributed by atoms with van der Waals surface area (Å²) in [5.74, 6) is -0.635. The summed E-state index contributed by atoms with van der Waals surface area (Å²) < 4.78 is 37.8. The first-order chi connectivity index (χ1) is 8.83. The fraction of sp³-hybridized carbons (Fsp3) is 0.700. The van der Waals surface area contributed by atoms with E-state index in [1.807, 2.05) is 6.92 Å². The molecule has 0 atom stereocenters. The van der Waals surface area contributed by atoms with Gasteiger partial charge in [-0.25, -0.2) is 0 Å². The zero-order valence-electron chi connectivity index (χ0n) is 10.3. The van der Waals surface area contributed by atoms with Gasteiger partial charge in [-0.1, -0.05) is 18.7 Å². The molecule has 0 spiro atoms. The number of carbonyl (C=O) groups is 1. The molecular formula is C10H14F3N3O2S. The van der Waals surface area contributed by atoms with E-state index in [4.69, 9.17) is 5.11 Å². The van der Waals surface area contributed by atoms with Gasteiger partial charge in [-0.2, -0.15) is 13.2 Å².